The normalized spacial score (nSPS) is 17.0. The van der Waals surface area contributed by atoms with Crippen LogP contribution >= 0.6 is 0 Å². The number of hydrogen-bond acceptors (Lipinski definition) is 4. The molecule has 24 heavy (non-hydrogen) atoms. The van der Waals surface area contributed by atoms with E-state index in [4.69, 9.17) is 9.57 Å². The van der Waals surface area contributed by atoms with Crippen LogP contribution in [-0.4, -0.2) is 36.4 Å². The topological polar surface area (TPSA) is 75.7 Å². The molecule has 3 rings (SSSR count). The number of carbonyl (C=O) groups is 1. The molecule has 0 aliphatic carbocycles. The number of amides is 1. The number of fused-ring (bicyclic) bond motifs is 1. The van der Waals surface area contributed by atoms with Crippen LogP contribution in [0.4, 0.5) is 0 Å². The van der Waals surface area contributed by atoms with Gasteiger partial charge in [0, 0.05) is 17.3 Å². The van der Waals surface area contributed by atoms with Crippen LogP contribution in [0.15, 0.2) is 23.4 Å². The van der Waals surface area contributed by atoms with E-state index in [1.807, 2.05) is 25.1 Å². The lowest BCUT2D eigenvalue weighted by Crippen LogP contribution is -2.33. The Hall–Kier alpha value is -2.50. The number of hydrogen-bond donors (Lipinski definition) is 2. The van der Waals surface area contributed by atoms with Crippen molar-refractivity contribution in [3.63, 3.8) is 0 Å². The SMILES string of the molecule is COc1ccc2[nH]c(C(=O)NC[C@@H]3CC(C(C)C)=NO3)c(C)c2c1. The molecule has 1 aromatic carbocycles. The smallest absolute Gasteiger partial charge is 0.268 e. The summed E-state index contributed by atoms with van der Waals surface area (Å²) in [5, 5.41) is 8.00. The van der Waals surface area contributed by atoms with Gasteiger partial charge in [-0.1, -0.05) is 19.0 Å². The second-order valence-electron chi connectivity index (χ2n) is 6.42. The Morgan fingerprint density at radius 2 is 2.29 bits per heavy atom. The molecule has 1 aliphatic rings. The minimum Gasteiger partial charge on any atom is -0.497 e. The first-order valence-corrected chi connectivity index (χ1v) is 8.16. The van der Waals surface area contributed by atoms with Crippen LogP contribution in [0, 0.1) is 12.8 Å². The molecule has 2 heterocycles. The monoisotopic (exact) mass is 329 g/mol. The van der Waals surface area contributed by atoms with Crippen molar-refractivity contribution in [2.75, 3.05) is 13.7 Å². The molecule has 1 aromatic heterocycles. The van der Waals surface area contributed by atoms with Crippen molar-refractivity contribution in [1.82, 2.24) is 10.3 Å². The third-order valence-corrected chi connectivity index (χ3v) is 4.41. The van der Waals surface area contributed by atoms with E-state index >= 15 is 0 Å². The Kier molecular flexibility index (Phi) is 4.46. The molecule has 1 atom stereocenters. The maximum absolute atomic E-state index is 12.5. The third kappa shape index (κ3) is 3.09. The van der Waals surface area contributed by atoms with Gasteiger partial charge in [-0.15, -0.1) is 0 Å². The lowest BCUT2D eigenvalue weighted by molar-refractivity contribution is 0.0751. The fourth-order valence-electron chi connectivity index (χ4n) is 2.86. The maximum atomic E-state index is 12.5. The van der Waals surface area contributed by atoms with Crippen molar-refractivity contribution in [1.29, 1.82) is 0 Å². The highest BCUT2D eigenvalue weighted by Crippen LogP contribution is 2.26. The molecule has 0 unspecified atom stereocenters. The summed E-state index contributed by atoms with van der Waals surface area (Å²) in [6.07, 6.45) is 0.678. The summed E-state index contributed by atoms with van der Waals surface area (Å²) in [6, 6.07) is 5.72. The fourth-order valence-corrected chi connectivity index (χ4v) is 2.86. The van der Waals surface area contributed by atoms with Crippen LogP contribution in [-0.2, 0) is 4.84 Å². The molecule has 0 saturated carbocycles. The number of methoxy groups -OCH3 is 1. The van der Waals surface area contributed by atoms with Crippen molar-refractivity contribution in [3.8, 4) is 5.75 Å². The standard InChI is InChI=1S/C18H23N3O3/c1-10(2)16-8-13(24-21-16)9-19-18(22)17-11(3)14-7-12(23-4)5-6-15(14)20-17/h5-7,10,13,20H,8-9H2,1-4H3,(H,19,22)/t13-/m0/s1. The number of H-pyrrole nitrogens is 1. The van der Waals surface area contributed by atoms with Gasteiger partial charge in [0.1, 0.15) is 17.5 Å². The molecule has 6 nitrogen and oxygen atoms in total. The van der Waals surface area contributed by atoms with Crippen molar-refractivity contribution >= 4 is 22.5 Å². The number of nitrogens with zero attached hydrogens (tertiary/aromatic N) is 1. The molecule has 128 valence electrons. The highest BCUT2D eigenvalue weighted by Gasteiger charge is 2.24. The highest BCUT2D eigenvalue weighted by atomic mass is 16.6. The number of nitrogens with one attached hydrogen (secondary N) is 2. The molecule has 0 saturated heterocycles. The zero-order chi connectivity index (χ0) is 17.3. The number of benzene rings is 1. The average molecular weight is 329 g/mol. The number of carbonyl (C=O) groups excluding carboxylic acids is 1. The Labute approximate surface area is 141 Å². The molecule has 0 radical (unpaired) electrons. The Morgan fingerprint density at radius 3 is 2.96 bits per heavy atom. The van der Waals surface area contributed by atoms with Crippen LogP contribution in [0.3, 0.4) is 0 Å². The summed E-state index contributed by atoms with van der Waals surface area (Å²) in [5.74, 6) is 1.01. The van der Waals surface area contributed by atoms with Crippen molar-refractivity contribution < 1.29 is 14.4 Å². The third-order valence-electron chi connectivity index (χ3n) is 4.41. The Balaban J connectivity index is 1.67. The minimum absolute atomic E-state index is 0.0869. The number of oxime groups is 1. The lowest BCUT2D eigenvalue weighted by atomic mass is 10.0. The van der Waals surface area contributed by atoms with E-state index in [0.717, 1.165) is 34.3 Å². The number of ether oxygens (including phenoxy) is 1. The summed E-state index contributed by atoms with van der Waals surface area (Å²) < 4.78 is 5.25. The van der Waals surface area contributed by atoms with Crippen LogP contribution in [0.2, 0.25) is 0 Å². The predicted molar refractivity (Wildman–Crippen MR) is 93.7 cm³/mol. The number of aromatic amines is 1. The first kappa shape index (κ1) is 16.4. The number of aryl methyl sites for hydroxylation is 1. The van der Waals surface area contributed by atoms with Crippen molar-refractivity contribution in [2.45, 2.75) is 33.3 Å². The van der Waals surface area contributed by atoms with Gasteiger partial charge >= 0.3 is 0 Å². The molecule has 2 aromatic rings. The number of aromatic nitrogens is 1. The minimum atomic E-state index is -0.135. The molecular formula is C18H23N3O3. The largest absolute Gasteiger partial charge is 0.497 e. The van der Waals surface area contributed by atoms with Crippen LogP contribution in [0.5, 0.6) is 5.75 Å². The molecule has 1 aliphatic heterocycles. The summed E-state index contributed by atoms with van der Waals surface area (Å²) in [7, 11) is 1.63. The molecule has 2 N–H and O–H groups in total. The molecule has 1 amide bonds. The van der Waals surface area contributed by atoms with E-state index in [9.17, 15) is 4.79 Å². The van der Waals surface area contributed by atoms with Crippen LogP contribution in [0.1, 0.15) is 36.3 Å². The van der Waals surface area contributed by atoms with Crippen LogP contribution < -0.4 is 10.1 Å². The average Bonchev–Trinajstić information content (AvgIpc) is 3.17. The zero-order valence-electron chi connectivity index (χ0n) is 14.5. The van der Waals surface area contributed by atoms with Gasteiger partial charge in [-0.2, -0.15) is 0 Å². The van der Waals surface area contributed by atoms with Gasteiger partial charge in [-0.3, -0.25) is 4.79 Å². The Bertz CT molecular complexity index is 792. The van der Waals surface area contributed by atoms with Gasteiger partial charge in [-0.05, 0) is 36.6 Å². The van der Waals surface area contributed by atoms with E-state index in [-0.39, 0.29) is 12.0 Å². The number of rotatable bonds is 5. The summed E-state index contributed by atoms with van der Waals surface area (Å²) >= 11 is 0. The summed E-state index contributed by atoms with van der Waals surface area (Å²) in [6.45, 7) is 6.55. The van der Waals surface area contributed by atoms with Crippen molar-refractivity contribution in [3.05, 3.63) is 29.5 Å². The molecule has 0 bridgehead atoms. The van der Waals surface area contributed by atoms with E-state index in [2.05, 4.69) is 29.3 Å². The first-order chi connectivity index (χ1) is 11.5. The molecule has 0 spiro atoms. The van der Waals surface area contributed by atoms with Gasteiger partial charge < -0.3 is 19.9 Å². The van der Waals surface area contributed by atoms with Gasteiger partial charge in [-0.25, -0.2) is 0 Å². The summed E-state index contributed by atoms with van der Waals surface area (Å²) in [5.41, 5.74) is 3.44. The molecular weight excluding hydrogens is 306 g/mol. The van der Waals surface area contributed by atoms with E-state index in [1.54, 1.807) is 7.11 Å². The zero-order valence-corrected chi connectivity index (χ0v) is 14.5. The van der Waals surface area contributed by atoms with Gasteiger partial charge in [0.2, 0.25) is 0 Å². The predicted octanol–water partition coefficient (Wildman–Crippen LogP) is 3.02. The van der Waals surface area contributed by atoms with E-state index in [1.165, 1.54) is 0 Å². The molecule has 6 heteroatoms. The second-order valence-corrected chi connectivity index (χ2v) is 6.42. The second kappa shape index (κ2) is 6.55. The molecule has 0 fully saturated rings. The van der Waals surface area contributed by atoms with Crippen LogP contribution in [0.25, 0.3) is 10.9 Å². The summed E-state index contributed by atoms with van der Waals surface area (Å²) in [4.78, 5) is 21.1. The van der Waals surface area contributed by atoms with Crippen molar-refractivity contribution in [2.24, 2.45) is 11.1 Å². The highest BCUT2D eigenvalue weighted by molar-refractivity contribution is 6.01. The Morgan fingerprint density at radius 1 is 1.50 bits per heavy atom. The lowest BCUT2D eigenvalue weighted by Gasteiger charge is -2.10. The fraction of sp³-hybridized carbons (Fsp3) is 0.444. The van der Waals surface area contributed by atoms with Gasteiger partial charge in [0.05, 0.1) is 19.4 Å². The van der Waals surface area contributed by atoms with E-state index in [0.29, 0.717) is 18.2 Å². The quantitative estimate of drug-likeness (QED) is 0.885. The van der Waals surface area contributed by atoms with E-state index < -0.39 is 0 Å². The first-order valence-electron chi connectivity index (χ1n) is 8.16. The van der Waals surface area contributed by atoms with Gasteiger partial charge in [0.25, 0.3) is 5.91 Å². The maximum Gasteiger partial charge on any atom is 0.268 e. The van der Waals surface area contributed by atoms with Gasteiger partial charge in [0.15, 0.2) is 0 Å².